The van der Waals surface area contributed by atoms with Crippen LogP contribution in [-0.2, 0) is 0 Å². The van der Waals surface area contributed by atoms with Gasteiger partial charge in [0.1, 0.15) is 11.9 Å². The summed E-state index contributed by atoms with van der Waals surface area (Å²) in [6.45, 7) is 7.94. The Morgan fingerprint density at radius 1 is 1.32 bits per heavy atom. The van der Waals surface area contributed by atoms with Gasteiger partial charge in [-0.1, -0.05) is 19.0 Å². The zero-order valence-corrected chi connectivity index (χ0v) is 14.5. The van der Waals surface area contributed by atoms with Crippen molar-refractivity contribution >= 4 is 6.03 Å². The molecule has 6 nitrogen and oxygen atoms in total. The number of piperidine rings is 1. The van der Waals surface area contributed by atoms with Crippen molar-refractivity contribution in [3.63, 3.8) is 0 Å². The molecule has 132 valence electrons. The molecule has 4 rings (SSSR count). The second-order valence-corrected chi connectivity index (χ2v) is 7.57. The van der Waals surface area contributed by atoms with Crippen LogP contribution in [0, 0.1) is 23.1 Å². The largest absolute Gasteiger partial charge is 0.337 e. The zero-order chi connectivity index (χ0) is 17.8. The van der Waals surface area contributed by atoms with E-state index in [4.69, 9.17) is 4.52 Å². The molecule has 0 unspecified atom stereocenters. The first-order valence-corrected chi connectivity index (χ1v) is 8.51. The molecule has 1 aliphatic heterocycles. The molecule has 1 aromatic heterocycles. The number of halogens is 1. The van der Waals surface area contributed by atoms with Crippen LogP contribution < -0.4 is 5.32 Å². The number of likely N-dealkylation sites (tertiary alicyclic amines) is 1. The molecular formula is C18H21FN4O2. The summed E-state index contributed by atoms with van der Waals surface area (Å²) >= 11 is 0. The minimum Gasteiger partial charge on any atom is -0.337 e. The summed E-state index contributed by atoms with van der Waals surface area (Å²) in [4.78, 5) is 18.6. The number of amides is 2. The fourth-order valence-electron chi connectivity index (χ4n) is 3.76. The van der Waals surface area contributed by atoms with Crippen molar-refractivity contribution in [3.05, 3.63) is 36.0 Å². The van der Waals surface area contributed by atoms with Crippen molar-refractivity contribution in [2.75, 3.05) is 13.1 Å². The van der Waals surface area contributed by atoms with E-state index in [1.807, 2.05) is 4.90 Å². The number of carbonyl (C=O) groups is 1. The Hall–Kier alpha value is -2.44. The molecule has 2 heterocycles. The lowest BCUT2D eigenvalue weighted by atomic mass is 10.1. The summed E-state index contributed by atoms with van der Waals surface area (Å²) < 4.78 is 18.2. The van der Waals surface area contributed by atoms with Crippen molar-refractivity contribution in [2.24, 2.45) is 17.3 Å². The number of hydrogen-bond donors (Lipinski definition) is 1. The molecule has 7 heteroatoms. The third-order valence-electron chi connectivity index (χ3n) is 5.66. The number of carbonyl (C=O) groups excluding carboxylic acids is 1. The average molecular weight is 344 g/mol. The number of benzene rings is 1. The first kappa shape index (κ1) is 16.1. The molecule has 1 saturated heterocycles. The Morgan fingerprint density at radius 3 is 2.60 bits per heavy atom. The molecule has 25 heavy (non-hydrogen) atoms. The lowest BCUT2D eigenvalue weighted by molar-refractivity contribution is 0.190. The van der Waals surface area contributed by atoms with Gasteiger partial charge in [-0.3, -0.25) is 0 Å². The Morgan fingerprint density at radius 2 is 1.96 bits per heavy atom. The van der Waals surface area contributed by atoms with Gasteiger partial charge in [0.15, 0.2) is 0 Å². The summed E-state index contributed by atoms with van der Waals surface area (Å²) in [7, 11) is 0. The standard InChI is InChI=1S/C18H21FN4O2/c1-10(20-17(24)23-8-13-14(9-23)18(13,2)3)16-21-15(22-25-16)11-4-6-12(19)7-5-11/h4-7,10,13-14H,8-9H2,1-3H3,(H,20,24)/t10-,13-,14-/m0/s1. The highest BCUT2D eigenvalue weighted by Gasteiger charge is 2.62. The lowest BCUT2D eigenvalue weighted by Crippen LogP contribution is -2.41. The molecule has 2 aliphatic rings. The number of hydrogen-bond acceptors (Lipinski definition) is 4. The maximum Gasteiger partial charge on any atom is 0.318 e. The van der Waals surface area contributed by atoms with Crippen LogP contribution in [0.1, 0.15) is 32.7 Å². The smallest absolute Gasteiger partial charge is 0.318 e. The SMILES string of the molecule is C[C@H](NC(=O)N1C[C@H]2[C@H](C1)C2(C)C)c1nc(-c2ccc(F)cc2)no1. The van der Waals surface area contributed by atoms with Crippen molar-refractivity contribution < 1.29 is 13.7 Å². The predicted octanol–water partition coefficient (Wildman–Crippen LogP) is 3.23. The predicted molar refractivity (Wildman–Crippen MR) is 89.0 cm³/mol. The van der Waals surface area contributed by atoms with Gasteiger partial charge in [-0.25, -0.2) is 9.18 Å². The Bertz CT molecular complexity index is 788. The first-order valence-electron chi connectivity index (χ1n) is 8.51. The van der Waals surface area contributed by atoms with E-state index in [1.165, 1.54) is 12.1 Å². The van der Waals surface area contributed by atoms with E-state index in [1.54, 1.807) is 19.1 Å². The van der Waals surface area contributed by atoms with Crippen molar-refractivity contribution in [1.29, 1.82) is 0 Å². The molecule has 0 spiro atoms. The summed E-state index contributed by atoms with van der Waals surface area (Å²) in [6, 6.07) is 5.38. The summed E-state index contributed by atoms with van der Waals surface area (Å²) in [5, 5.41) is 6.82. The average Bonchev–Trinajstić information content (AvgIpc) is 3.07. The number of rotatable bonds is 3. The molecule has 1 aromatic carbocycles. The van der Waals surface area contributed by atoms with Gasteiger partial charge >= 0.3 is 6.03 Å². The Balaban J connectivity index is 1.38. The molecule has 2 aromatic rings. The molecular weight excluding hydrogens is 323 g/mol. The molecule has 0 bridgehead atoms. The molecule has 1 aliphatic carbocycles. The third-order valence-corrected chi connectivity index (χ3v) is 5.66. The summed E-state index contributed by atoms with van der Waals surface area (Å²) in [5.41, 5.74) is 1.04. The van der Waals surface area contributed by atoms with Gasteiger partial charge in [-0.2, -0.15) is 4.98 Å². The number of aromatic nitrogens is 2. The molecule has 1 N–H and O–H groups in total. The van der Waals surface area contributed by atoms with E-state index in [2.05, 4.69) is 29.3 Å². The van der Waals surface area contributed by atoms with Gasteiger partial charge in [0, 0.05) is 18.7 Å². The van der Waals surface area contributed by atoms with Gasteiger partial charge in [-0.05, 0) is 48.4 Å². The molecule has 3 atom stereocenters. The van der Waals surface area contributed by atoms with Crippen LogP contribution in [0.25, 0.3) is 11.4 Å². The second-order valence-electron chi connectivity index (χ2n) is 7.57. The second kappa shape index (κ2) is 5.54. The van der Waals surface area contributed by atoms with Crippen LogP contribution in [-0.4, -0.2) is 34.2 Å². The normalized spacial score (nSPS) is 24.7. The monoisotopic (exact) mass is 344 g/mol. The molecule has 1 saturated carbocycles. The minimum absolute atomic E-state index is 0.1000. The van der Waals surface area contributed by atoms with E-state index in [9.17, 15) is 9.18 Å². The van der Waals surface area contributed by atoms with E-state index in [-0.39, 0.29) is 17.9 Å². The lowest BCUT2D eigenvalue weighted by Gasteiger charge is -2.23. The quantitative estimate of drug-likeness (QED) is 0.928. The summed E-state index contributed by atoms with van der Waals surface area (Å²) in [6.07, 6.45) is 0. The van der Waals surface area contributed by atoms with Crippen molar-refractivity contribution in [2.45, 2.75) is 26.8 Å². The number of nitrogens with one attached hydrogen (secondary N) is 1. The van der Waals surface area contributed by atoms with Crippen LogP contribution in [0.3, 0.4) is 0 Å². The highest BCUT2D eigenvalue weighted by molar-refractivity contribution is 5.75. The van der Waals surface area contributed by atoms with E-state index in [0.29, 0.717) is 34.5 Å². The topological polar surface area (TPSA) is 71.3 Å². The zero-order valence-electron chi connectivity index (χ0n) is 14.5. The van der Waals surface area contributed by atoms with Crippen LogP contribution in [0.15, 0.2) is 28.8 Å². The fourth-order valence-corrected chi connectivity index (χ4v) is 3.76. The van der Waals surface area contributed by atoms with Crippen molar-refractivity contribution in [1.82, 2.24) is 20.4 Å². The van der Waals surface area contributed by atoms with E-state index >= 15 is 0 Å². The molecule has 0 radical (unpaired) electrons. The number of fused-ring (bicyclic) bond motifs is 1. The Kier molecular flexibility index (Phi) is 3.56. The fraction of sp³-hybridized carbons (Fsp3) is 0.500. The van der Waals surface area contributed by atoms with E-state index < -0.39 is 0 Å². The molecule has 2 amide bonds. The van der Waals surface area contributed by atoms with Crippen LogP contribution in [0.5, 0.6) is 0 Å². The minimum atomic E-state index is -0.390. The van der Waals surface area contributed by atoms with Crippen LogP contribution in [0.2, 0.25) is 0 Å². The van der Waals surface area contributed by atoms with E-state index in [0.717, 1.165) is 13.1 Å². The third kappa shape index (κ3) is 2.77. The maximum absolute atomic E-state index is 13.0. The maximum atomic E-state index is 13.0. The first-order chi connectivity index (χ1) is 11.9. The number of urea groups is 1. The summed E-state index contributed by atoms with van der Waals surface area (Å²) in [5.74, 6) is 1.61. The van der Waals surface area contributed by atoms with Gasteiger partial charge in [0.25, 0.3) is 0 Å². The highest BCUT2D eigenvalue weighted by atomic mass is 19.1. The van der Waals surface area contributed by atoms with Gasteiger partial charge in [-0.15, -0.1) is 0 Å². The van der Waals surface area contributed by atoms with Gasteiger partial charge in [0.2, 0.25) is 11.7 Å². The molecule has 2 fully saturated rings. The van der Waals surface area contributed by atoms with Crippen LogP contribution in [0.4, 0.5) is 9.18 Å². The van der Waals surface area contributed by atoms with Gasteiger partial charge < -0.3 is 14.7 Å². The Labute approximate surface area is 145 Å². The number of nitrogens with zero attached hydrogens (tertiary/aromatic N) is 3. The van der Waals surface area contributed by atoms with Gasteiger partial charge in [0.05, 0.1) is 0 Å². The van der Waals surface area contributed by atoms with Crippen LogP contribution >= 0.6 is 0 Å². The van der Waals surface area contributed by atoms with Crippen molar-refractivity contribution in [3.8, 4) is 11.4 Å². The highest BCUT2D eigenvalue weighted by Crippen LogP contribution is 2.61.